The summed E-state index contributed by atoms with van der Waals surface area (Å²) in [5.41, 5.74) is 3.54. The van der Waals surface area contributed by atoms with E-state index in [9.17, 15) is 0 Å². The van der Waals surface area contributed by atoms with Crippen molar-refractivity contribution in [3.8, 4) is 11.5 Å². The van der Waals surface area contributed by atoms with Crippen molar-refractivity contribution in [1.82, 2.24) is 19.9 Å². The Balaban J connectivity index is 1.22. The smallest absolute Gasteiger partial charge is 0.225 e. The number of methoxy groups -OCH3 is 2. The van der Waals surface area contributed by atoms with Crippen molar-refractivity contribution in [2.24, 2.45) is 0 Å². The van der Waals surface area contributed by atoms with Gasteiger partial charge in [-0.05, 0) is 18.2 Å². The van der Waals surface area contributed by atoms with Gasteiger partial charge in [-0.15, -0.1) is 0 Å². The Morgan fingerprint density at radius 3 is 2.52 bits per heavy atom. The third-order valence-corrected chi connectivity index (χ3v) is 6.42. The first kappa shape index (κ1) is 21.5. The maximum atomic E-state index is 5.57. The van der Waals surface area contributed by atoms with Crippen LogP contribution in [-0.2, 0) is 19.5 Å². The van der Waals surface area contributed by atoms with E-state index in [-0.39, 0.29) is 0 Å². The van der Waals surface area contributed by atoms with E-state index in [0.29, 0.717) is 0 Å². The van der Waals surface area contributed by atoms with Crippen molar-refractivity contribution >= 4 is 11.8 Å². The van der Waals surface area contributed by atoms with Crippen LogP contribution in [0.3, 0.4) is 0 Å². The maximum Gasteiger partial charge on any atom is 0.225 e. The summed E-state index contributed by atoms with van der Waals surface area (Å²) in [5, 5.41) is 0. The van der Waals surface area contributed by atoms with E-state index in [4.69, 9.17) is 19.4 Å². The average Bonchev–Trinajstić information content (AvgIpc) is 2.89. The molecular weight excluding hydrogens is 416 g/mol. The third-order valence-electron chi connectivity index (χ3n) is 6.42. The average molecular weight is 447 g/mol. The molecule has 1 aromatic carbocycles. The van der Waals surface area contributed by atoms with E-state index in [1.165, 1.54) is 11.3 Å². The second-order valence-corrected chi connectivity index (χ2v) is 8.44. The molecule has 33 heavy (non-hydrogen) atoms. The number of fused-ring (bicyclic) bond motifs is 1. The minimum Gasteiger partial charge on any atom is -0.497 e. The second-order valence-electron chi connectivity index (χ2n) is 8.44. The van der Waals surface area contributed by atoms with Crippen molar-refractivity contribution in [2.75, 3.05) is 56.7 Å². The van der Waals surface area contributed by atoms with E-state index < -0.39 is 0 Å². The zero-order chi connectivity index (χ0) is 22.6. The molecule has 0 N–H and O–H groups in total. The largest absolute Gasteiger partial charge is 0.497 e. The van der Waals surface area contributed by atoms with Crippen LogP contribution in [0.1, 0.15) is 16.8 Å². The number of anilines is 2. The summed E-state index contributed by atoms with van der Waals surface area (Å²) in [6, 6.07) is 12.1. The van der Waals surface area contributed by atoms with E-state index >= 15 is 0 Å². The highest BCUT2D eigenvalue weighted by atomic mass is 16.5. The first-order valence-corrected chi connectivity index (χ1v) is 11.4. The Morgan fingerprint density at radius 2 is 1.76 bits per heavy atom. The van der Waals surface area contributed by atoms with Gasteiger partial charge >= 0.3 is 0 Å². The number of aromatic nitrogens is 3. The Bertz CT molecular complexity index is 1090. The SMILES string of the molecule is COc1ccc(CN2CCc3nc(N4CCN(c5ccccn5)CC4)ncc3C2)c(OC)c1. The van der Waals surface area contributed by atoms with Crippen LogP contribution in [0.2, 0.25) is 0 Å². The van der Waals surface area contributed by atoms with Gasteiger partial charge in [0.25, 0.3) is 0 Å². The number of rotatable bonds is 6. The zero-order valence-corrected chi connectivity index (χ0v) is 19.3. The Morgan fingerprint density at radius 1 is 0.909 bits per heavy atom. The van der Waals surface area contributed by atoms with Crippen molar-refractivity contribution in [3.63, 3.8) is 0 Å². The first-order chi connectivity index (χ1) is 16.2. The molecule has 8 nitrogen and oxygen atoms in total. The molecular formula is C25H30N6O2. The van der Waals surface area contributed by atoms with Crippen molar-refractivity contribution in [1.29, 1.82) is 0 Å². The lowest BCUT2D eigenvalue weighted by Crippen LogP contribution is -2.47. The summed E-state index contributed by atoms with van der Waals surface area (Å²) in [4.78, 5) is 21.2. The maximum absolute atomic E-state index is 5.57. The van der Waals surface area contributed by atoms with E-state index in [1.807, 2.05) is 36.7 Å². The number of nitrogens with zero attached hydrogens (tertiary/aromatic N) is 6. The second kappa shape index (κ2) is 9.62. The molecule has 0 aliphatic carbocycles. The number of hydrogen-bond acceptors (Lipinski definition) is 8. The van der Waals surface area contributed by atoms with Gasteiger partial charge in [-0.25, -0.2) is 15.0 Å². The van der Waals surface area contributed by atoms with Gasteiger partial charge in [0.1, 0.15) is 17.3 Å². The molecule has 0 bridgehead atoms. The molecule has 8 heteroatoms. The summed E-state index contributed by atoms with van der Waals surface area (Å²) in [7, 11) is 3.37. The fourth-order valence-corrected chi connectivity index (χ4v) is 4.55. The molecule has 0 radical (unpaired) electrons. The predicted molar refractivity (Wildman–Crippen MR) is 128 cm³/mol. The van der Waals surface area contributed by atoms with Crippen LogP contribution in [0, 0.1) is 0 Å². The minimum atomic E-state index is 0.807. The third kappa shape index (κ3) is 4.71. The monoisotopic (exact) mass is 446 g/mol. The van der Waals surface area contributed by atoms with Crippen LogP contribution < -0.4 is 19.3 Å². The van der Waals surface area contributed by atoms with Gasteiger partial charge < -0.3 is 19.3 Å². The fourth-order valence-electron chi connectivity index (χ4n) is 4.55. The molecule has 172 valence electrons. The molecule has 3 aromatic rings. The highest BCUT2D eigenvalue weighted by molar-refractivity contribution is 5.43. The zero-order valence-electron chi connectivity index (χ0n) is 19.3. The number of pyridine rings is 1. The summed E-state index contributed by atoms with van der Waals surface area (Å²) in [6.45, 7) is 6.29. The molecule has 1 saturated heterocycles. The lowest BCUT2D eigenvalue weighted by molar-refractivity contribution is 0.239. The minimum absolute atomic E-state index is 0.807. The van der Waals surface area contributed by atoms with Crippen molar-refractivity contribution in [3.05, 3.63) is 65.6 Å². The Kier molecular flexibility index (Phi) is 6.26. The molecule has 1 fully saturated rings. The van der Waals surface area contributed by atoms with Crippen LogP contribution in [0.15, 0.2) is 48.8 Å². The first-order valence-electron chi connectivity index (χ1n) is 11.4. The molecule has 0 spiro atoms. The van der Waals surface area contributed by atoms with Crippen LogP contribution in [0.25, 0.3) is 0 Å². The van der Waals surface area contributed by atoms with Gasteiger partial charge in [-0.1, -0.05) is 12.1 Å². The molecule has 0 unspecified atom stereocenters. The number of hydrogen-bond donors (Lipinski definition) is 0. The molecule has 0 amide bonds. The molecule has 0 saturated carbocycles. The van der Waals surface area contributed by atoms with Crippen LogP contribution in [-0.4, -0.2) is 66.8 Å². The van der Waals surface area contributed by atoms with Gasteiger partial charge in [-0.3, -0.25) is 4.90 Å². The quantitative estimate of drug-likeness (QED) is 0.573. The Hall–Kier alpha value is -3.39. The number of ether oxygens (including phenoxy) is 2. The summed E-state index contributed by atoms with van der Waals surface area (Å²) < 4.78 is 10.9. The fraction of sp³-hybridized carbons (Fsp3) is 0.400. The lowest BCUT2D eigenvalue weighted by atomic mass is 10.1. The summed E-state index contributed by atoms with van der Waals surface area (Å²) in [5.74, 6) is 3.55. The van der Waals surface area contributed by atoms with Crippen LogP contribution >= 0.6 is 0 Å². The molecule has 0 atom stereocenters. The van der Waals surface area contributed by atoms with Crippen LogP contribution in [0.5, 0.6) is 11.5 Å². The molecule has 5 rings (SSSR count). The van der Waals surface area contributed by atoms with Gasteiger partial charge in [0, 0.05) is 81.8 Å². The molecule has 4 heterocycles. The van der Waals surface area contributed by atoms with Crippen molar-refractivity contribution in [2.45, 2.75) is 19.5 Å². The summed E-state index contributed by atoms with van der Waals surface area (Å²) in [6.07, 6.45) is 4.79. The number of benzene rings is 1. The highest BCUT2D eigenvalue weighted by Crippen LogP contribution is 2.28. The number of piperazine rings is 1. The van der Waals surface area contributed by atoms with Gasteiger partial charge in [-0.2, -0.15) is 0 Å². The molecule has 2 aromatic heterocycles. The van der Waals surface area contributed by atoms with Crippen molar-refractivity contribution < 1.29 is 9.47 Å². The van der Waals surface area contributed by atoms with Gasteiger partial charge in [0.15, 0.2) is 0 Å². The van der Waals surface area contributed by atoms with E-state index in [2.05, 4.69) is 31.8 Å². The van der Waals surface area contributed by atoms with E-state index in [0.717, 1.165) is 81.1 Å². The normalized spacial score (nSPS) is 16.4. The standard InChI is InChI=1S/C25H30N6O2/c1-32-21-7-6-19(23(15-21)33-2)17-29-10-8-22-20(18-29)16-27-25(28-22)31-13-11-30(12-14-31)24-5-3-4-9-26-24/h3-7,9,15-16H,8,10-14,17-18H2,1-2H3. The summed E-state index contributed by atoms with van der Waals surface area (Å²) >= 11 is 0. The van der Waals surface area contributed by atoms with E-state index in [1.54, 1.807) is 14.2 Å². The van der Waals surface area contributed by atoms with Crippen LogP contribution in [0.4, 0.5) is 11.8 Å². The van der Waals surface area contributed by atoms with Gasteiger partial charge in [0.05, 0.1) is 19.9 Å². The lowest BCUT2D eigenvalue weighted by Gasteiger charge is -2.36. The molecule has 2 aliphatic heterocycles. The van der Waals surface area contributed by atoms with Gasteiger partial charge in [0.2, 0.25) is 5.95 Å². The molecule has 2 aliphatic rings. The topological polar surface area (TPSA) is 66.9 Å². The Labute approximate surface area is 194 Å². The predicted octanol–water partition coefficient (Wildman–Crippen LogP) is 2.77. The highest BCUT2D eigenvalue weighted by Gasteiger charge is 2.23.